The van der Waals surface area contributed by atoms with Gasteiger partial charge in [0, 0.05) is 18.3 Å². The molecule has 98 valence electrons. The van der Waals surface area contributed by atoms with Crippen LogP contribution in [-0.4, -0.2) is 16.3 Å². The first-order valence-electron chi connectivity index (χ1n) is 6.47. The molecule has 0 saturated heterocycles. The lowest BCUT2D eigenvalue weighted by atomic mass is 10.1. The molecule has 1 unspecified atom stereocenters. The zero-order chi connectivity index (χ0) is 13.0. The van der Waals surface area contributed by atoms with Crippen molar-refractivity contribution < 1.29 is 0 Å². The van der Waals surface area contributed by atoms with E-state index in [0.29, 0.717) is 6.04 Å². The van der Waals surface area contributed by atoms with Gasteiger partial charge in [0.25, 0.3) is 0 Å². The number of aromatic nitrogens is 2. The molecule has 0 aromatic carbocycles. The van der Waals surface area contributed by atoms with Crippen molar-refractivity contribution in [2.75, 3.05) is 6.54 Å². The molecule has 0 amide bonds. The van der Waals surface area contributed by atoms with Crippen LogP contribution in [0.5, 0.6) is 0 Å². The first-order chi connectivity index (χ1) is 8.70. The maximum absolute atomic E-state index is 4.45. The van der Waals surface area contributed by atoms with E-state index in [9.17, 15) is 0 Å². The Bertz CT molecular complexity index is 473. The normalized spacial score (nSPS) is 12.8. The second kappa shape index (κ2) is 6.16. The quantitative estimate of drug-likeness (QED) is 0.868. The molecule has 0 bridgehead atoms. The van der Waals surface area contributed by atoms with Gasteiger partial charge in [-0.3, -0.25) is 4.68 Å². The van der Waals surface area contributed by atoms with E-state index in [1.54, 1.807) is 0 Å². The van der Waals surface area contributed by atoms with Crippen LogP contribution in [0.2, 0.25) is 0 Å². The van der Waals surface area contributed by atoms with E-state index in [0.717, 1.165) is 25.1 Å². The van der Waals surface area contributed by atoms with Crippen LogP contribution < -0.4 is 5.32 Å². The van der Waals surface area contributed by atoms with Crippen LogP contribution in [-0.2, 0) is 13.5 Å². The summed E-state index contributed by atoms with van der Waals surface area (Å²) in [7, 11) is 2.03. The molecule has 18 heavy (non-hydrogen) atoms. The van der Waals surface area contributed by atoms with Gasteiger partial charge in [-0.05, 0) is 37.4 Å². The third kappa shape index (κ3) is 3.21. The summed E-state index contributed by atoms with van der Waals surface area (Å²) in [5, 5.41) is 10.2. The molecule has 0 aliphatic heterocycles. The smallest absolute Gasteiger partial charge is 0.0597 e. The maximum atomic E-state index is 4.45. The molecule has 3 nitrogen and oxygen atoms in total. The van der Waals surface area contributed by atoms with Gasteiger partial charge in [-0.2, -0.15) is 5.10 Å². The summed E-state index contributed by atoms with van der Waals surface area (Å²) in [5.41, 5.74) is 2.36. The standard InChI is InChI=1S/C14H21N3S/c1-4-7-15-13(10-12-6-5-8-18-12)14-9-11(2)16-17(14)3/h5-6,8-9,13,15H,4,7,10H2,1-3H3. The minimum atomic E-state index is 0.356. The molecule has 0 aliphatic rings. The first-order valence-corrected chi connectivity index (χ1v) is 7.35. The molecule has 2 heterocycles. The number of hydrogen-bond donors (Lipinski definition) is 1. The largest absolute Gasteiger partial charge is 0.308 e. The van der Waals surface area contributed by atoms with Crippen molar-refractivity contribution in [3.05, 3.63) is 39.8 Å². The van der Waals surface area contributed by atoms with Gasteiger partial charge in [0.2, 0.25) is 0 Å². The molecule has 1 atom stereocenters. The van der Waals surface area contributed by atoms with Gasteiger partial charge >= 0.3 is 0 Å². The van der Waals surface area contributed by atoms with Gasteiger partial charge in [-0.15, -0.1) is 11.3 Å². The molecular weight excluding hydrogens is 242 g/mol. The Labute approximate surface area is 113 Å². The Morgan fingerprint density at radius 1 is 1.50 bits per heavy atom. The zero-order valence-electron chi connectivity index (χ0n) is 11.3. The Balaban J connectivity index is 2.16. The topological polar surface area (TPSA) is 29.9 Å². The van der Waals surface area contributed by atoms with Gasteiger partial charge in [0.05, 0.1) is 17.4 Å². The van der Waals surface area contributed by atoms with Crippen molar-refractivity contribution in [3.63, 3.8) is 0 Å². The van der Waals surface area contributed by atoms with E-state index in [1.165, 1.54) is 10.6 Å². The highest BCUT2D eigenvalue weighted by atomic mass is 32.1. The third-order valence-electron chi connectivity index (χ3n) is 3.02. The Hall–Kier alpha value is -1.13. The summed E-state index contributed by atoms with van der Waals surface area (Å²) in [5.74, 6) is 0. The minimum Gasteiger partial charge on any atom is -0.308 e. The number of hydrogen-bond acceptors (Lipinski definition) is 3. The molecule has 4 heteroatoms. The number of rotatable bonds is 6. The number of nitrogens with one attached hydrogen (secondary N) is 1. The summed E-state index contributed by atoms with van der Waals surface area (Å²) in [4.78, 5) is 1.42. The fourth-order valence-electron chi connectivity index (χ4n) is 2.19. The predicted molar refractivity (Wildman–Crippen MR) is 77.0 cm³/mol. The zero-order valence-corrected chi connectivity index (χ0v) is 12.1. The van der Waals surface area contributed by atoms with Crippen LogP contribution in [0.15, 0.2) is 23.6 Å². The highest BCUT2D eigenvalue weighted by Crippen LogP contribution is 2.21. The van der Waals surface area contributed by atoms with E-state index in [4.69, 9.17) is 0 Å². The molecule has 0 radical (unpaired) electrons. The molecular formula is C14H21N3S. The van der Waals surface area contributed by atoms with Crippen molar-refractivity contribution in [2.45, 2.75) is 32.7 Å². The van der Waals surface area contributed by atoms with Gasteiger partial charge < -0.3 is 5.32 Å². The Morgan fingerprint density at radius 2 is 2.33 bits per heavy atom. The minimum absolute atomic E-state index is 0.356. The van der Waals surface area contributed by atoms with Gasteiger partial charge in [-0.1, -0.05) is 13.0 Å². The van der Waals surface area contributed by atoms with Crippen molar-refractivity contribution in [1.29, 1.82) is 0 Å². The Kier molecular flexibility index (Phi) is 4.55. The van der Waals surface area contributed by atoms with E-state index in [1.807, 2.05) is 30.0 Å². The Morgan fingerprint density at radius 3 is 2.89 bits per heavy atom. The van der Waals surface area contributed by atoms with Crippen LogP contribution >= 0.6 is 11.3 Å². The maximum Gasteiger partial charge on any atom is 0.0597 e. The summed E-state index contributed by atoms with van der Waals surface area (Å²) in [6.07, 6.45) is 2.19. The molecule has 0 fully saturated rings. The van der Waals surface area contributed by atoms with Crippen LogP contribution in [0, 0.1) is 6.92 Å². The molecule has 2 rings (SSSR count). The monoisotopic (exact) mass is 263 g/mol. The fraction of sp³-hybridized carbons (Fsp3) is 0.500. The summed E-state index contributed by atoms with van der Waals surface area (Å²) in [6.45, 7) is 5.29. The van der Waals surface area contributed by atoms with E-state index in [-0.39, 0.29) is 0 Å². The van der Waals surface area contributed by atoms with Crippen molar-refractivity contribution >= 4 is 11.3 Å². The summed E-state index contributed by atoms with van der Waals surface area (Å²) in [6, 6.07) is 6.86. The van der Waals surface area contributed by atoms with E-state index >= 15 is 0 Å². The van der Waals surface area contributed by atoms with E-state index in [2.05, 4.69) is 40.9 Å². The van der Waals surface area contributed by atoms with Crippen LogP contribution in [0.1, 0.15) is 35.7 Å². The average Bonchev–Trinajstić information content (AvgIpc) is 2.94. The molecule has 0 aliphatic carbocycles. The average molecular weight is 263 g/mol. The number of thiophene rings is 1. The molecule has 0 saturated carbocycles. The van der Waals surface area contributed by atoms with Gasteiger partial charge in [0.1, 0.15) is 0 Å². The highest BCUT2D eigenvalue weighted by Gasteiger charge is 2.16. The van der Waals surface area contributed by atoms with Gasteiger partial charge in [-0.25, -0.2) is 0 Å². The van der Waals surface area contributed by atoms with Crippen molar-refractivity contribution in [3.8, 4) is 0 Å². The van der Waals surface area contributed by atoms with Crippen LogP contribution in [0.3, 0.4) is 0 Å². The SMILES string of the molecule is CCCNC(Cc1cccs1)c1cc(C)nn1C. The van der Waals surface area contributed by atoms with Crippen LogP contribution in [0.25, 0.3) is 0 Å². The highest BCUT2D eigenvalue weighted by molar-refractivity contribution is 7.09. The fourth-order valence-corrected chi connectivity index (χ4v) is 2.94. The number of aryl methyl sites for hydroxylation is 2. The second-order valence-corrected chi connectivity index (χ2v) is 5.66. The first kappa shape index (κ1) is 13.3. The summed E-state index contributed by atoms with van der Waals surface area (Å²) >= 11 is 1.82. The lowest BCUT2D eigenvalue weighted by Crippen LogP contribution is -2.25. The molecule has 2 aromatic heterocycles. The lowest BCUT2D eigenvalue weighted by molar-refractivity contribution is 0.495. The van der Waals surface area contributed by atoms with Crippen LogP contribution in [0.4, 0.5) is 0 Å². The molecule has 1 N–H and O–H groups in total. The predicted octanol–water partition coefficient (Wildman–Crippen LogP) is 3.07. The van der Waals surface area contributed by atoms with Crippen molar-refractivity contribution in [2.24, 2.45) is 7.05 Å². The molecule has 0 spiro atoms. The number of nitrogens with zero attached hydrogens (tertiary/aromatic N) is 2. The van der Waals surface area contributed by atoms with Gasteiger partial charge in [0.15, 0.2) is 0 Å². The third-order valence-corrected chi connectivity index (χ3v) is 3.92. The molecule has 2 aromatic rings. The van der Waals surface area contributed by atoms with E-state index < -0.39 is 0 Å². The lowest BCUT2D eigenvalue weighted by Gasteiger charge is -2.18. The second-order valence-electron chi connectivity index (χ2n) is 4.62. The van der Waals surface area contributed by atoms with Crippen molar-refractivity contribution in [1.82, 2.24) is 15.1 Å². The summed E-state index contributed by atoms with van der Waals surface area (Å²) < 4.78 is 2.00.